The van der Waals surface area contributed by atoms with E-state index in [-0.39, 0.29) is 23.6 Å². The number of benzene rings is 2. The van der Waals surface area contributed by atoms with E-state index in [0.29, 0.717) is 11.4 Å². The molecular weight excluding hydrogens is 258 g/mol. The predicted molar refractivity (Wildman–Crippen MR) is 75.4 cm³/mol. The molecule has 4 heteroatoms. The van der Waals surface area contributed by atoms with Gasteiger partial charge in [0, 0.05) is 11.6 Å². The Morgan fingerprint density at radius 2 is 1.80 bits per heavy atom. The quantitative estimate of drug-likeness (QED) is 0.879. The molecule has 102 valence electrons. The Balaban J connectivity index is 2.13. The highest BCUT2D eigenvalue weighted by atomic mass is 19.1. The fourth-order valence-corrected chi connectivity index (χ4v) is 2.72. The Bertz CT molecular complexity index is 665. The predicted octanol–water partition coefficient (Wildman–Crippen LogP) is 3.36. The molecular formula is C16H14F2N2. The van der Waals surface area contributed by atoms with Gasteiger partial charge in [-0.25, -0.2) is 8.78 Å². The van der Waals surface area contributed by atoms with Gasteiger partial charge in [0.25, 0.3) is 0 Å². The third kappa shape index (κ3) is 1.93. The van der Waals surface area contributed by atoms with E-state index in [4.69, 9.17) is 5.73 Å². The van der Waals surface area contributed by atoms with Gasteiger partial charge in [0.1, 0.15) is 11.6 Å². The molecule has 1 heterocycles. The summed E-state index contributed by atoms with van der Waals surface area (Å²) in [4.78, 5) is 0. The summed E-state index contributed by atoms with van der Waals surface area (Å²) in [5.41, 5.74) is 8.39. The summed E-state index contributed by atoms with van der Waals surface area (Å²) >= 11 is 0. The first-order chi connectivity index (χ1) is 9.58. The maximum Gasteiger partial charge on any atom is 0.146 e. The smallest absolute Gasteiger partial charge is 0.146 e. The molecule has 2 aromatic carbocycles. The van der Waals surface area contributed by atoms with Crippen molar-refractivity contribution in [2.24, 2.45) is 5.73 Å². The van der Waals surface area contributed by atoms with Crippen LogP contribution >= 0.6 is 0 Å². The van der Waals surface area contributed by atoms with E-state index in [1.165, 1.54) is 18.2 Å². The Morgan fingerprint density at radius 3 is 2.45 bits per heavy atom. The molecule has 0 aliphatic carbocycles. The maximum absolute atomic E-state index is 13.9. The fourth-order valence-electron chi connectivity index (χ4n) is 2.72. The summed E-state index contributed by atoms with van der Waals surface area (Å²) in [5, 5.41) is 3.07. The van der Waals surface area contributed by atoms with Gasteiger partial charge >= 0.3 is 0 Å². The zero-order valence-electron chi connectivity index (χ0n) is 10.7. The van der Waals surface area contributed by atoms with Crippen LogP contribution in [0.1, 0.15) is 17.0 Å². The molecule has 0 bridgehead atoms. The molecule has 2 nitrogen and oxygen atoms in total. The highest BCUT2D eigenvalue weighted by molar-refractivity contribution is 5.65. The Kier molecular flexibility index (Phi) is 2.93. The standard InChI is InChI=1S/C16H14F2N2/c1-9(19)15-14(10-5-7-11(17)8-6-10)12-3-2-4-13(18)16(12)20-15/h2-8,14-15,20H,1,19H2. The second-order valence-corrected chi connectivity index (χ2v) is 4.93. The van der Waals surface area contributed by atoms with E-state index in [0.717, 1.165) is 11.1 Å². The molecule has 1 aliphatic heterocycles. The SMILES string of the molecule is C=C(N)C1Nc2c(F)cccc2C1c1ccc(F)cc1. The molecule has 0 aromatic heterocycles. The Labute approximate surface area is 115 Å². The van der Waals surface area contributed by atoms with Crippen LogP contribution in [-0.2, 0) is 0 Å². The van der Waals surface area contributed by atoms with Crippen LogP contribution in [0.15, 0.2) is 54.7 Å². The summed E-state index contributed by atoms with van der Waals surface area (Å²) in [5.74, 6) is -0.792. The van der Waals surface area contributed by atoms with Crippen molar-refractivity contribution >= 4 is 5.69 Å². The van der Waals surface area contributed by atoms with Crippen LogP contribution in [0, 0.1) is 11.6 Å². The summed E-state index contributed by atoms with van der Waals surface area (Å²) in [6.07, 6.45) is 0. The zero-order valence-corrected chi connectivity index (χ0v) is 10.7. The van der Waals surface area contributed by atoms with E-state index < -0.39 is 0 Å². The lowest BCUT2D eigenvalue weighted by Gasteiger charge is -2.20. The number of rotatable bonds is 2. The highest BCUT2D eigenvalue weighted by Gasteiger charge is 2.35. The molecule has 0 fully saturated rings. The fraction of sp³-hybridized carbons (Fsp3) is 0.125. The van der Waals surface area contributed by atoms with Gasteiger partial charge in [-0.05, 0) is 29.3 Å². The van der Waals surface area contributed by atoms with Gasteiger partial charge in [0.05, 0.1) is 11.7 Å². The molecule has 0 amide bonds. The van der Waals surface area contributed by atoms with Crippen molar-refractivity contribution in [1.29, 1.82) is 0 Å². The molecule has 2 unspecified atom stereocenters. The first kappa shape index (κ1) is 12.7. The third-order valence-electron chi connectivity index (χ3n) is 3.64. The number of anilines is 1. The van der Waals surface area contributed by atoms with Crippen LogP contribution in [0.25, 0.3) is 0 Å². The minimum absolute atomic E-state index is 0.168. The topological polar surface area (TPSA) is 38.0 Å². The van der Waals surface area contributed by atoms with Crippen molar-refractivity contribution in [3.05, 3.63) is 77.5 Å². The molecule has 1 aliphatic rings. The van der Waals surface area contributed by atoms with Crippen molar-refractivity contribution < 1.29 is 8.78 Å². The van der Waals surface area contributed by atoms with E-state index >= 15 is 0 Å². The van der Waals surface area contributed by atoms with E-state index in [2.05, 4.69) is 11.9 Å². The van der Waals surface area contributed by atoms with Gasteiger partial charge in [-0.3, -0.25) is 0 Å². The number of para-hydroxylation sites is 1. The molecule has 0 saturated carbocycles. The number of halogens is 2. The van der Waals surface area contributed by atoms with Crippen LogP contribution < -0.4 is 11.1 Å². The largest absolute Gasteiger partial charge is 0.401 e. The minimum atomic E-state index is -0.321. The van der Waals surface area contributed by atoms with Crippen molar-refractivity contribution in [2.75, 3.05) is 5.32 Å². The highest BCUT2D eigenvalue weighted by Crippen LogP contribution is 2.42. The molecule has 2 aromatic rings. The summed E-state index contributed by atoms with van der Waals surface area (Å²) in [6.45, 7) is 3.76. The average molecular weight is 272 g/mol. The van der Waals surface area contributed by atoms with Crippen LogP contribution in [0.5, 0.6) is 0 Å². The monoisotopic (exact) mass is 272 g/mol. The first-order valence-corrected chi connectivity index (χ1v) is 6.32. The zero-order chi connectivity index (χ0) is 14.3. The molecule has 0 spiro atoms. The first-order valence-electron chi connectivity index (χ1n) is 6.32. The minimum Gasteiger partial charge on any atom is -0.401 e. The molecule has 0 saturated heterocycles. The van der Waals surface area contributed by atoms with Gasteiger partial charge < -0.3 is 11.1 Å². The lowest BCUT2D eigenvalue weighted by atomic mass is 9.87. The second-order valence-electron chi connectivity index (χ2n) is 4.93. The Hall–Kier alpha value is -2.36. The van der Waals surface area contributed by atoms with Crippen LogP contribution in [-0.4, -0.2) is 6.04 Å². The van der Waals surface area contributed by atoms with E-state index in [1.807, 2.05) is 6.07 Å². The van der Waals surface area contributed by atoms with Crippen molar-refractivity contribution in [3.8, 4) is 0 Å². The number of hydrogen-bond acceptors (Lipinski definition) is 2. The van der Waals surface area contributed by atoms with Gasteiger partial charge in [0.2, 0.25) is 0 Å². The van der Waals surface area contributed by atoms with Crippen molar-refractivity contribution in [2.45, 2.75) is 12.0 Å². The van der Waals surface area contributed by atoms with Gasteiger partial charge in [0.15, 0.2) is 0 Å². The average Bonchev–Trinajstić information content (AvgIpc) is 2.81. The number of fused-ring (bicyclic) bond motifs is 1. The number of hydrogen-bond donors (Lipinski definition) is 2. The van der Waals surface area contributed by atoms with Crippen LogP contribution in [0.3, 0.4) is 0 Å². The molecule has 3 N–H and O–H groups in total. The third-order valence-corrected chi connectivity index (χ3v) is 3.64. The molecule has 20 heavy (non-hydrogen) atoms. The lowest BCUT2D eigenvalue weighted by molar-refractivity contribution is 0.625. The molecule has 3 rings (SSSR count). The molecule has 0 radical (unpaired) electrons. The maximum atomic E-state index is 13.9. The summed E-state index contributed by atoms with van der Waals surface area (Å²) in [6, 6.07) is 10.8. The van der Waals surface area contributed by atoms with Gasteiger partial charge in [-0.1, -0.05) is 30.8 Å². The van der Waals surface area contributed by atoms with Crippen molar-refractivity contribution in [3.63, 3.8) is 0 Å². The molecule has 2 atom stereocenters. The van der Waals surface area contributed by atoms with Gasteiger partial charge in [-0.2, -0.15) is 0 Å². The van der Waals surface area contributed by atoms with E-state index in [9.17, 15) is 8.78 Å². The van der Waals surface area contributed by atoms with Crippen LogP contribution in [0.4, 0.5) is 14.5 Å². The van der Waals surface area contributed by atoms with Crippen LogP contribution in [0.2, 0.25) is 0 Å². The number of nitrogens with one attached hydrogen (secondary N) is 1. The van der Waals surface area contributed by atoms with Gasteiger partial charge in [-0.15, -0.1) is 0 Å². The second kappa shape index (κ2) is 4.63. The Morgan fingerprint density at radius 1 is 1.10 bits per heavy atom. The summed E-state index contributed by atoms with van der Waals surface area (Å²) < 4.78 is 27.0. The normalized spacial score (nSPS) is 20.3. The van der Waals surface area contributed by atoms with Crippen molar-refractivity contribution in [1.82, 2.24) is 0 Å². The summed E-state index contributed by atoms with van der Waals surface area (Å²) in [7, 11) is 0. The van der Waals surface area contributed by atoms with E-state index in [1.54, 1.807) is 18.2 Å². The lowest BCUT2D eigenvalue weighted by Crippen LogP contribution is -2.27. The number of nitrogens with two attached hydrogens (primary N) is 1.